The van der Waals surface area contributed by atoms with E-state index in [0.717, 1.165) is 0 Å². The van der Waals surface area contributed by atoms with Gasteiger partial charge in [-0.3, -0.25) is 0 Å². The molecule has 0 atom stereocenters. The summed E-state index contributed by atoms with van der Waals surface area (Å²) in [7, 11) is 1.69. The Bertz CT molecular complexity index is 555. The maximum atomic E-state index is 10.8. The highest BCUT2D eigenvalue weighted by Crippen LogP contribution is 2.32. The summed E-state index contributed by atoms with van der Waals surface area (Å²) in [5.74, 6) is -0.172. The van der Waals surface area contributed by atoms with Gasteiger partial charge in [0.1, 0.15) is 5.03 Å². The van der Waals surface area contributed by atoms with Crippen LogP contribution in [0.2, 0.25) is 5.02 Å². The minimum absolute atomic E-state index is 0.172. The third-order valence-corrected chi connectivity index (χ3v) is 3.28. The Morgan fingerprint density at radius 3 is 2.82 bits per heavy atom. The fourth-order valence-electron chi connectivity index (χ4n) is 1.17. The van der Waals surface area contributed by atoms with Crippen molar-refractivity contribution in [2.45, 2.75) is 10.1 Å². The van der Waals surface area contributed by atoms with Crippen LogP contribution in [0.4, 0.5) is 5.82 Å². The molecular weight excluding hydrogens is 264 g/mol. The van der Waals surface area contributed by atoms with Gasteiger partial charge in [-0.1, -0.05) is 11.6 Å². The van der Waals surface area contributed by atoms with Gasteiger partial charge in [0, 0.05) is 13.2 Å². The average molecular weight is 271 g/mol. The molecule has 17 heavy (non-hydrogen) atoms. The Balaban J connectivity index is 2.32. The zero-order valence-corrected chi connectivity index (χ0v) is 10.3. The summed E-state index contributed by atoms with van der Waals surface area (Å²) in [6, 6.07) is 3.38. The third kappa shape index (κ3) is 2.56. The van der Waals surface area contributed by atoms with E-state index >= 15 is 0 Å². The number of aromatic nitrogens is 3. The molecule has 2 heterocycles. The molecule has 8 heteroatoms. The van der Waals surface area contributed by atoms with Gasteiger partial charge in [-0.15, -0.1) is 0 Å². The van der Waals surface area contributed by atoms with E-state index in [1.54, 1.807) is 23.7 Å². The van der Waals surface area contributed by atoms with Gasteiger partial charge in [-0.2, -0.15) is 0 Å². The molecule has 0 aliphatic rings. The van der Waals surface area contributed by atoms with Gasteiger partial charge < -0.3 is 14.7 Å². The van der Waals surface area contributed by atoms with Gasteiger partial charge >= 0.3 is 5.82 Å². The lowest BCUT2D eigenvalue weighted by atomic mass is 10.5. The lowest BCUT2D eigenvalue weighted by Crippen LogP contribution is -1.93. The highest BCUT2D eigenvalue weighted by atomic mass is 35.5. The van der Waals surface area contributed by atoms with E-state index in [2.05, 4.69) is 9.97 Å². The first-order valence-electron chi connectivity index (χ1n) is 4.53. The van der Waals surface area contributed by atoms with Crippen molar-refractivity contribution in [3.8, 4) is 0 Å². The van der Waals surface area contributed by atoms with Crippen LogP contribution < -0.4 is 0 Å². The molecule has 0 saturated heterocycles. The Hall–Kier alpha value is -1.60. The first-order chi connectivity index (χ1) is 8.08. The summed E-state index contributed by atoms with van der Waals surface area (Å²) < 4.78 is 1.58. The average Bonchev–Trinajstić information content (AvgIpc) is 2.64. The van der Waals surface area contributed by atoms with Crippen LogP contribution in [0, 0.1) is 10.1 Å². The molecule has 0 bridgehead atoms. The minimum Gasteiger partial charge on any atom is -0.358 e. The van der Waals surface area contributed by atoms with Gasteiger partial charge in [0.15, 0.2) is 5.03 Å². The van der Waals surface area contributed by atoms with Crippen LogP contribution in [-0.2, 0) is 7.05 Å². The van der Waals surface area contributed by atoms with E-state index in [9.17, 15) is 10.1 Å². The first-order valence-corrected chi connectivity index (χ1v) is 5.72. The van der Waals surface area contributed by atoms with E-state index in [0.29, 0.717) is 15.1 Å². The van der Waals surface area contributed by atoms with E-state index < -0.39 is 4.92 Å². The molecule has 88 valence electrons. The number of hydrogen-bond donors (Lipinski definition) is 0. The molecule has 0 fully saturated rings. The quantitative estimate of drug-likeness (QED) is 0.633. The molecule has 2 aromatic heterocycles. The predicted octanol–water partition coefficient (Wildman–Crippen LogP) is 2.53. The van der Waals surface area contributed by atoms with Crippen molar-refractivity contribution in [3.05, 3.63) is 39.8 Å². The second-order valence-corrected chi connectivity index (χ2v) is 4.60. The van der Waals surface area contributed by atoms with Crippen LogP contribution in [0.3, 0.4) is 0 Å². The van der Waals surface area contributed by atoms with E-state index in [-0.39, 0.29) is 5.82 Å². The van der Waals surface area contributed by atoms with Crippen LogP contribution in [0.1, 0.15) is 0 Å². The maximum absolute atomic E-state index is 10.8. The molecule has 0 aliphatic heterocycles. The number of imidazole rings is 1. The smallest absolute Gasteiger partial charge is 0.358 e. The van der Waals surface area contributed by atoms with Crippen LogP contribution in [-0.4, -0.2) is 19.5 Å². The van der Waals surface area contributed by atoms with Gasteiger partial charge in [-0.05, 0) is 33.8 Å². The molecule has 0 N–H and O–H groups in total. The molecule has 2 rings (SSSR count). The van der Waals surface area contributed by atoms with Crippen LogP contribution in [0.15, 0.2) is 34.7 Å². The van der Waals surface area contributed by atoms with Gasteiger partial charge in [0.25, 0.3) is 0 Å². The van der Waals surface area contributed by atoms with Crippen molar-refractivity contribution in [3.63, 3.8) is 0 Å². The van der Waals surface area contributed by atoms with Gasteiger partial charge in [-0.25, -0.2) is 4.98 Å². The van der Waals surface area contributed by atoms with Gasteiger partial charge in [0.2, 0.25) is 6.33 Å². The lowest BCUT2D eigenvalue weighted by molar-refractivity contribution is -0.392. The molecule has 0 radical (unpaired) electrons. The molecular formula is C9H7ClN4O2S. The van der Waals surface area contributed by atoms with Crippen molar-refractivity contribution >= 4 is 29.2 Å². The SMILES string of the molecule is Cn1cnc([N+](=O)[O-])c1Sc1ccc(Cl)cn1. The third-order valence-electron chi connectivity index (χ3n) is 1.94. The van der Waals surface area contributed by atoms with E-state index in [1.807, 2.05) is 0 Å². The number of hydrogen-bond acceptors (Lipinski definition) is 5. The van der Waals surface area contributed by atoms with Crippen molar-refractivity contribution < 1.29 is 4.92 Å². The topological polar surface area (TPSA) is 73.8 Å². The number of nitro groups is 1. The minimum atomic E-state index is -0.516. The second kappa shape index (κ2) is 4.72. The van der Waals surface area contributed by atoms with Crippen molar-refractivity contribution in [1.29, 1.82) is 0 Å². The molecule has 0 aliphatic carbocycles. The van der Waals surface area contributed by atoms with Crippen molar-refractivity contribution in [2.75, 3.05) is 0 Å². The van der Waals surface area contributed by atoms with E-state index in [1.165, 1.54) is 24.3 Å². The molecule has 2 aromatic rings. The standard InChI is InChI=1S/C9H7ClN4O2S/c1-13-5-12-8(14(15)16)9(13)17-7-3-2-6(10)4-11-7/h2-5H,1H3. The highest BCUT2D eigenvalue weighted by Gasteiger charge is 2.21. The predicted molar refractivity (Wildman–Crippen MR) is 63.2 cm³/mol. The number of aryl methyl sites for hydroxylation is 1. The summed E-state index contributed by atoms with van der Waals surface area (Å²) >= 11 is 6.88. The fraction of sp³-hybridized carbons (Fsp3) is 0.111. The summed E-state index contributed by atoms with van der Waals surface area (Å²) in [6.07, 6.45) is 2.89. The molecule has 0 spiro atoms. The van der Waals surface area contributed by atoms with Crippen LogP contribution in [0.5, 0.6) is 0 Å². The normalized spacial score (nSPS) is 10.5. The number of nitrogens with zero attached hydrogens (tertiary/aromatic N) is 4. The monoisotopic (exact) mass is 270 g/mol. The number of halogens is 1. The lowest BCUT2D eigenvalue weighted by Gasteiger charge is -2.01. The Morgan fingerprint density at radius 1 is 1.47 bits per heavy atom. The number of pyridine rings is 1. The van der Waals surface area contributed by atoms with Crippen LogP contribution >= 0.6 is 23.4 Å². The largest absolute Gasteiger partial charge is 0.396 e. The molecule has 6 nitrogen and oxygen atoms in total. The zero-order valence-electron chi connectivity index (χ0n) is 8.70. The second-order valence-electron chi connectivity index (χ2n) is 3.16. The summed E-state index contributed by atoms with van der Waals surface area (Å²) in [4.78, 5) is 18.0. The van der Waals surface area contributed by atoms with E-state index in [4.69, 9.17) is 11.6 Å². The molecule has 0 aromatic carbocycles. The Morgan fingerprint density at radius 2 is 2.24 bits per heavy atom. The Kier molecular flexibility index (Phi) is 3.30. The summed E-state index contributed by atoms with van der Waals surface area (Å²) in [5, 5.41) is 12.3. The molecule has 0 unspecified atom stereocenters. The fourth-order valence-corrected chi connectivity index (χ4v) is 2.13. The van der Waals surface area contributed by atoms with Crippen molar-refractivity contribution in [1.82, 2.24) is 14.5 Å². The van der Waals surface area contributed by atoms with Crippen molar-refractivity contribution in [2.24, 2.45) is 7.05 Å². The maximum Gasteiger partial charge on any atom is 0.396 e. The number of rotatable bonds is 3. The summed E-state index contributed by atoms with van der Waals surface area (Å²) in [6.45, 7) is 0. The first kappa shape index (κ1) is 11.9. The molecule has 0 amide bonds. The van der Waals surface area contributed by atoms with Gasteiger partial charge in [0.05, 0.1) is 5.02 Å². The summed E-state index contributed by atoms with van der Waals surface area (Å²) in [5.41, 5.74) is 0. The molecule has 0 saturated carbocycles. The zero-order chi connectivity index (χ0) is 12.4. The highest BCUT2D eigenvalue weighted by molar-refractivity contribution is 7.99. The van der Waals surface area contributed by atoms with Crippen LogP contribution in [0.25, 0.3) is 0 Å². The Labute approximate surface area is 106 Å².